The van der Waals surface area contributed by atoms with Crippen LogP contribution in [0.25, 0.3) is 0 Å². The normalized spacial score (nSPS) is 10.1. The number of carbonyl (C=O) groups is 1. The molecule has 0 amide bonds. The van der Waals surface area contributed by atoms with E-state index in [0.29, 0.717) is 10.7 Å². The summed E-state index contributed by atoms with van der Waals surface area (Å²) in [7, 11) is 0. The van der Waals surface area contributed by atoms with Crippen LogP contribution in [0.1, 0.15) is 0 Å². The number of carboxylic acid groups (broad SMARTS) is 1. The molecule has 120 valence electrons. The van der Waals surface area contributed by atoms with Gasteiger partial charge in [0.1, 0.15) is 0 Å². The van der Waals surface area contributed by atoms with Crippen LogP contribution in [-0.2, 0) is 4.79 Å². The van der Waals surface area contributed by atoms with Crippen molar-refractivity contribution in [3.63, 3.8) is 0 Å². The summed E-state index contributed by atoms with van der Waals surface area (Å²) < 4.78 is 0. The number of nitrogens with zero attached hydrogens (tertiary/aromatic N) is 3. The van der Waals surface area contributed by atoms with Gasteiger partial charge in [-0.3, -0.25) is 10.1 Å². The highest BCUT2D eigenvalue weighted by Gasteiger charge is 2.23. The zero-order valence-electron chi connectivity index (χ0n) is 11.4. The summed E-state index contributed by atoms with van der Waals surface area (Å²) in [5.74, 6) is -2.18. The van der Waals surface area contributed by atoms with E-state index in [-0.39, 0.29) is 11.8 Å². The molecule has 2 rings (SSSR count). The molecule has 0 aliphatic carbocycles. The van der Waals surface area contributed by atoms with E-state index in [1.54, 1.807) is 24.3 Å². The number of hydrogen-bond acceptors (Lipinski definition) is 9. The molecule has 10 nitrogen and oxygen atoms in total. The summed E-state index contributed by atoms with van der Waals surface area (Å²) in [6.07, 6.45) is 0. The van der Waals surface area contributed by atoms with Gasteiger partial charge < -0.3 is 26.3 Å². The molecule has 11 heteroatoms. The van der Waals surface area contributed by atoms with E-state index in [9.17, 15) is 20.0 Å². The fraction of sp³-hybridized carbons (Fsp3) is 0.0833. The van der Waals surface area contributed by atoms with Gasteiger partial charge in [0.2, 0.25) is 17.6 Å². The van der Waals surface area contributed by atoms with Gasteiger partial charge in [0.15, 0.2) is 0 Å². The summed E-state index contributed by atoms with van der Waals surface area (Å²) in [6.45, 7) is -0.572. The predicted molar refractivity (Wildman–Crippen MR) is 81.3 cm³/mol. The minimum atomic E-state index is -1.39. The molecule has 4 N–H and O–H groups in total. The van der Waals surface area contributed by atoms with Gasteiger partial charge in [0.25, 0.3) is 0 Å². The number of benzene rings is 1. The Kier molecular flexibility index (Phi) is 4.76. The first kappa shape index (κ1) is 16.2. The minimum absolute atomic E-state index is 0.186. The number of nitro groups is 1. The Bertz CT molecular complexity index is 752. The lowest BCUT2D eigenvalue weighted by Crippen LogP contribution is -2.30. The number of carbonyl (C=O) groups excluding carboxylic acids is 1. The van der Waals surface area contributed by atoms with Gasteiger partial charge in [-0.05, 0) is 24.3 Å². The van der Waals surface area contributed by atoms with Crippen molar-refractivity contribution in [2.45, 2.75) is 0 Å². The van der Waals surface area contributed by atoms with Gasteiger partial charge in [0, 0.05) is 10.7 Å². The molecule has 23 heavy (non-hydrogen) atoms. The Morgan fingerprint density at radius 2 is 1.96 bits per heavy atom. The second-order valence-electron chi connectivity index (χ2n) is 4.24. The molecular weight excluding hydrogens is 328 g/mol. The summed E-state index contributed by atoms with van der Waals surface area (Å²) in [5.41, 5.74) is 5.50. The van der Waals surface area contributed by atoms with Crippen molar-refractivity contribution in [2.24, 2.45) is 0 Å². The number of rotatable bonds is 6. The summed E-state index contributed by atoms with van der Waals surface area (Å²) in [4.78, 5) is 28.3. The van der Waals surface area contributed by atoms with Gasteiger partial charge in [-0.1, -0.05) is 11.6 Å². The molecule has 2 aromatic rings. The van der Waals surface area contributed by atoms with E-state index in [0.717, 1.165) is 0 Å². The van der Waals surface area contributed by atoms with Crippen molar-refractivity contribution in [3.05, 3.63) is 39.4 Å². The van der Waals surface area contributed by atoms with E-state index in [2.05, 4.69) is 20.6 Å². The number of carboxylic acids is 1. The number of nitrogens with two attached hydrogens (primary N) is 1. The average Bonchev–Trinajstić information content (AvgIpc) is 2.46. The lowest BCUT2D eigenvalue weighted by atomic mass is 10.3. The van der Waals surface area contributed by atoms with Crippen molar-refractivity contribution in [3.8, 4) is 0 Å². The SMILES string of the molecule is Nc1nc(NCC(=O)[O-])nc(Nc2ccc(Cl)cc2)c1[N+](=O)[O-]. The Morgan fingerprint density at radius 3 is 2.52 bits per heavy atom. The molecule has 1 aromatic heterocycles. The minimum Gasteiger partial charge on any atom is -0.548 e. The second-order valence-corrected chi connectivity index (χ2v) is 4.68. The van der Waals surface area contributed by atoms with Crippen LogP contribution in [0.4, 0.5) is 29.0 Å². The number of halogens is 1. The highest BCUT2D eigenvalue weighted by Crippen LogP contribution is 2.31. The first-order valence-electron chi connectivity index (χ1n) is 6.15. The first-order chi connectivity index (χ1) is 10.9. The maximum Gasteiger partial charge on any atom is 0.353 e. The van der Waals surface area contributed by atoms with Gasteiger partial charge in [-0.15, -0.1) is 0 Å². The molecule has 0 bridgehead atoms. The maximum absolute atomic E-state index is 11.1. The van der Waals surface area contributed by atoms with Crippen LogP contribution in [0.15, 0.2) is 24.3 Å². The van der Waals surface area contributed by atoms with E-state index in [1.165, 1.54) is 0 Å². The van der Waals surface area contributed by atoms with Crippen LogP contribution >= 0.6 is 11.6 Å². The number of aliphatic carboxylic acids is 1. The van der Waals surface area contributed by atoms with Gasteiger partial charge in [0.05, 0.1) is 17.4 Å². The fourth-order valence-corrected chi connectivity index (χ4v) is 1.77. The molecule has 1 heterocycles. The number of nitrogen functional groups attached to an aromatic ring is 1. The Balaban J connectivity index is 2.38. The van der Waals surface area contributed by atoms with E-state index in [4.69, 9.17) is 17.3 Å². The number of nitrogens with one attached hydrogen (secondary N) is 2. The zero-order chi connectivity index (χ0) is 17.0. The van der Waals surface area contributed by atoms with Crippen LogP contribution in [0, 0.1) is 10.1 Å². The molecule has 0 aliphatic heterocycles. The Hall–Kier alpha value is -3.14. The third kappa shape index (κ3) is 4.17. The zero-order valence-corrected chi connectivity index (χ0v) is 12.2. The number of hydrogen-bond donors (Lipinski definition) is 3. The molecule has 1 aromatic carbocycles. The summed E-state index contributed by atoms with van der Waals surface area (Å²) in [6, 6.07) is 6.32. The second kappa shape index (κ2) is 6.75. The van der Waals surface area contributed by atoms with Crippen LogP contribution in [0.5, 0.6) is 0 Å². The van der Waals surface area contributed by atoms with Crippen molar-refractivity contribution in [1.29, 1.82) is 0 Å². The molecule has 0 saturated heterocycles. The van der Waals surface area contributed by atoms with Crippen LogP contribution in [0.2, 0.25) is 5.02 Å². The van der Waals surface area contributed by atoms with Crippen LogP contribution < -0.4 is 21.5 Å². The first-order valence-corrected chi connectivity index (χ1v) is 6.53. The number of anilines is 4. The quantitative estimate of drug-likeness (QED) is 0.504. The van der Waals surface area contributed by atoms with Crippen molar-refractivity contribution >= 4 is 46.5 Å². The molecule has 0 unspecified atom stereocenters. The Morgan fingerprint density at radius 1 is 1.30 bits per heavy atom. The highest BCUT2D eigenvalue weighted by molar-refractivity contribution is 6.30. The monoisotopic (exact) mass is 337 g/mol. The summed E-state index contributed by atoms with van der Waals surface area (Å²) in [5, 5.41) is 27.1. The lowest BCUT2D eigenvalue weighted by Gasteiger charge is -2.11. The molecule has 0 fully saturated rings. The molecular formula is C12H10ClN6O4-. The van der Waals surface area contributed by atoms with E-state index < -0.39 is 28.9 Å². The predicted octanol–water partition coefficient (Wildman–Crippen LogP) is 0.526. The molecule has 0 spiro atoms. The van der Waals surface area contributed by atoms with Gasteiger partial charge in [-0.2, -0.15) is 9.97 Å². The molecule has 0 aliphatic rings. The van der Waals surface area contributed by atoms with Crippen molar-refractivity contribution in [2.75, 3.05) is 22.9 Å². The van der Waals surface area contributed by atoms with Crippen LogP contribution in [-0.4, -0.2) is 27.4 Å². The summed E-state index contributed by atoms with van der Waals surface area (Å²) >= 11 is 5.76. The van der Waals surface area contributed by atoms with Crippen LogP contribution in [0.3, 0.4) is 0 Å². The van der Waals surface area contributed by atoms with Crippen molar-refractivity contribution in [1.82, 2.24) is 9.97 Å². The Labute approximate surface area is 134 Å². The van der Waals surface area contributed by atoms with Gasteiger partial charge in [-0.25, -0.2) is 0 Å². The standard InChI is InChI=1S/C12H11ClN6O4/c13-6-1-3-7(4-2-6)16-11-9(19(22)23)10(14)17-12(18-11)15-5-8(20)21/h1-4H,5H2,(H,20,21)(H4,14,15,16,17,18)/p-1. The van der Waals surface area contributed by atoms with Gasteiger partial charge >= 0.3 is 5.69 Å². The topological polar surface area (TPSA) is 159 Å². The largest absolute Gasteiger partial charge is 0.548 e. The third-order valence-electron chi connectivity index (χ3n) is 2.59. The van der Waals surface area contributed by atoms with E-state index in [1.807, 2.05) is 0 Å². The van der Waals surface area contributed by atoms with Crippen molar-refractivity contribution < 1.29 is 14.8 Å². The lowest BCUT2D eigenvalue weighted by molar-refractivity contribution is -0.383. The molecule has 0 radical (unpaired) electrons. The number of aromatic nitrogens is 2. The fourth-order valence-electron chi connectivity index (χ4n) is 1.64. The smallest absolute Gasteiger partial charge is 0.353 e. The molecule has 0 atom stereocenters. The third-order valence-corrected chi connectivity index (χ3v) is 2.84. The van der Waals surface area contributed by atoms with E-state index >= 15 is 0 Å². The maximum atomic E-state index is 11.1. The average molecular weight is 338 g/mol. The molecule has 0 saturated carbocycles. The highest BCUT2D eigenvalue weighted by atomic mass is 35.5.